The quantitative estimate of drug-likeness (QED) is 0.789. The summed E-state index contributed by atoms with van der Waals surface area (Å²) >= 11 is 0. The van der Waals surface area contributed by atoms with E-state index in [0.717, 1.165) is 0 Å². The zero-order chi connectivity index (χ0) is 15.0. The second kappa shape index (κ2) is 4.86. The van der Waals surface area contributed by atoms with Crippen LogP contribution >= 0.6 is 0 Å². The molecule has 0 unspecified atom stereocenters. The van der Waals surface area contributed by atoms with Crippen molar-refractivity contribution in [3.05, 3.63) is 70.3 Å². The fourth-order valence-corrected chi connectivity index (χ4v) is 2.06. The molecule has 6 nitrogen and oxygen atoms in total. The van der Waals surface area contributed by atoms with Crippen LogP contribution in [0.2, 0.25) is 0 Å². The van der Waals surface area contributed by atoms with Crippen LogP contribution in [0.5, 0.6) is 0 Å². The molecule has 3 aromatic heterocycles. The van der Waals surface area contributed by atoms with Gasteiger partial charge in [-0.1, -0.05) is 0 Å². The number of carboxylic acid groups (broad SMARTS) is 1. The first kappa shape index (κ1) is 13.0. The van der Waals surface area contributed by atoms with Crippen LogP contribution in [0.25, 0.3) is 5.65 Å². The Labute approximate surface area is 117 Å². The lowest BCUT2D eigenvalue weighted by molar-refractivity contribution is 0.0696. The van der Waals surface area contributed by atoms with Crippen molar-refractivity contribution >= 4 is 11.6 Å². The van der Waals surface area contributed by atoms with Gasteiger partial charge in [0.1, 0.15) is 0 Å². The number of carbonyl (C=O) groups is 1. The zero-order valence-electron chi connectivity index (χ0n) is 10.7. The Kier molecular flexibility index (Phi) is 3.02. The predicted octanol–water partition coefficient (Wildman–Crippen LogP) is 1.38. The summed E-state index contributed by atoms with van der Waals surface area (Å²) < 4.78 is 16.3. The van der Waals surface area contributed by atoms with E-state index in [1.54, 1.807) is 18.5 Å². The van der Waals surface area contributed by atoms with Gasteiger partial charge < -0.3 is 14.1 Å². The summed E-state index contributed by atoms with van der Waals surface area (Å²) in [6.07, 6.45) is 4.48. The molecule has 0 saturated heterocycles. The number of rotatable bonds is 3. The predicted molar refractivity (Wildman–Crippen MR) is 71.9 cm³/mol. The molecular weight excluding hydrogens is 277 g/mol. The second-order valence-electron chi connectivity index (χ2n) is 4.51. The monoisotopic (exact) mass is 287 g/mol. The lowest BCUT2D eigenvalue weighted by Gasteiger charge is -2.03. The summed E-state index contributed by atoms with van der Waals surface area (Å²) in [5.74, 6) is -1.58. The Morgan fingerprint density at radius 1 is 1.29 bits per heavy atom. The van der Waals surface area contributed by atoms with Gasteiger partial charge in [-0.05, 0) is 18.2 Å². The minimum absolute atomic E-state index is 0.00421. The summed E-state index contributed by atoms with van der Waals surface area (Å²) in [5, 5.41) is 8.93. The average Bonchev–Trinajstić information content (AvgIpc) is 2.85. The maximum Gasteiger partial charge on any atom is 0.337 e. The Morgan fingerprint density at radius 2 is 2.10 bits per heavy atom. The molecule has 0 amide bonds. The number of hydrogen-bond acceptors (Lipinski definition) is 3. The molecule has 0 aliphatic heterocycles. The number of hydrogen-bond donors (Lipinski definition) is 1. The lowest BCUT2D eigenvalue weighted by atomic mass is 10.3. The zero-order valence-corrected chi connectivity index (χ0v) is 10.7. The molecule has 0 saturated carbocycles. The molecule has 0 fully saturated rings. The number of aromatic nitrogens is 3. The summed E-state index contributed by atoms with van der Waals surface area (Å²) in [6.45, 7) is 0.0705. The topological polar surface area (TPSA) is 76.6 Å². The number of nitrogens with zero attached hydrogens (tertiary/aromatic N) is 3. The molecule has 0 atom stereocenters. The molecule has 3 heterocycles. The van der Waals surface area contributed by atoms with E-state index in [-0.39, 0.29) is 23.3 Å². The van der Waals surface area contributed by atoms with Crippen LogP contribution in [0, 0.1) is 5.82 Å². The smallest absolute Gasteiger partial charge is 0.337 e. The second-order valence-corrected chi connectivity index (χ2v) is 4.51. The van der Waals surface area contributed by atoms with Crippen LogP contribution in [-0.2, 0) is 6.54 Å². The normalized spacial score (nSPS) is 10.9. The van der Waals surface area contributed by atoms with E-state index in [9.17, 15) is 14.0 Å². The van der Waals surface area contributed by atoms with E-state index in [0.29, 0.717) is 5.69 Å². The highest BCUT2D eigenvalue weighted by molar-refractivity contribution is 5.87. The highest BCUT2D eigenvalue weighted by atomic mass is 19.1. The van der Waals surface area contributed by atoms with Crippen LogP contribution in [0.1, 0.15) is 16.1 Å². The summed E-state index contributed by atoms with van der Waals surface area (Å²) in [6, 6.07) is 5.26. The number of fused-ring (bicyclic) bond motifs is 1. The third kappa shape index (κ3) is 2.40. The van der Waals surface area contributed by atoms with Crippen molar-refractivity contribution in [1.82, 2.24) is 14.0 Å². The average molecular weight is 287 g/mol. The Balaban J connectivity index is 2.02. The highest BCUT2D eigenvalue weighted by Gasteiger charge is 2.09. The van der Waals surface area contributed by atoms with Crippen LogP contribution < -0.4 is 5.56 Å². The van der Waals surface area contributed by atoms with Crippen molar-refractivity contribution < 1.29 is 14.3 Å². The van der Waals surface area contributed by atoms with E-state index < -0.39 is 11.8 Å². The number of aromatic carboxylic acids is 1. The van der Waals surface area contributed by atoms with Crippen molar-refractivity contribution in [2.24, 2.45) is 0 Å². The van der Waals surface area contributed by atoms with E-state index >= 15 is 0 Å². The fourth-order valence-electron chi connectivity index (χ4n) is 2.06. The minimum Gasteiger partial charge on any atom is -0.478 e. The molecular formula is C14H10FN3O3. The van der Waals surface area contributed by atoms with Gasteiger partial charge >= 0.3 is 5.97 Å². The van der Waals surface area contributed by atoms with Gasteiger partial charge in [0.25, 0.3) is 5.56 Å². The molecule has 0 aromatic carbocycles. The lowest BCUT2D eigenvalue weighted by Crippen LogP contribution is -2.20. The maximum atomic E-state index is 13.6. The summed E-state index contributed by atoms with van der Waals surface area (Å²) in [5.41, 5.74) is 0.279. The standard InChI is InChI=1S/C14H10FN3O3/c15-11-2-1-5-17-7-10(16-13(11)17)8-18-6-9(14(20)21)3-4-12(18)19/h1-7H,8H2,(H,20,21). The molecule has 3 rings (SSSR count). The van der Waals surface area contributed by atoms with E-state index in [2.05, 4.69) is 4.98 Å². The van der Waals surface area contributed by atoms with E-state index in [4.69, 9.17) is 5.11 Å². The fraction of sp³-hybridized carbons (Fsp3) is 0.0714. The molecule has 0 bridgehead atoms. The maximum absolute atomic E-state index is 13.6. The first-order chi connectivity index (χ1) is 10.0. The Morgan fingerprint density at radius 3 is 2.81 bits per heavy atom. The molecule has 3 aromatic rings. The number of imidazole rings is 1. The van der Waals surface area contributed by atoms with Crippen LogP contribution in [0.3, 0.4) is 0 Å². The van der Waals surface area contributed by atoms with Crippen LogP contribution in [0.15, 0.2) is 47.7 Å². The molecule has 7 heteroatoms. The van der Waals surface area contributed by atoms with Crippen molar-refractivity contribution in [3.63, 3.8) is 0 Å². The number of carboxylic acids is 1. The largest absolute Gasteiger partial charge is 0.478 e. The first-order valence-electron chi connectivity index (χ1n) is 6.10. The summed E-state index contributed by atoms with van der Waals surface area (Å²) in [7, 11) is 0. The van der Waals surface area contributed by atoms with Gasteiger partial charge in [0.2, 0.25) is 0 Å². The van der Waals surface area contributed by atoms with Gasteiger partial charge in [-0.3, -0.25) is 4.79 Å². The van der Waals surface area contributed by atoms with E-state index in [1.807, 2.05) is 0 Å². The van der Waals surface area contributed by atoms with Gasteiger partial charge in [0, 0.05) is 24.7 Å². The minimum atomic E-state index is -1.12. The molecule has 0 aliphatic carbocycles. The van der Waals surface area contributed by atoms with Crippen molar-refractivity contribution in [2.45, 2.75) is 6.54 Å². The van der Waals surface area contributed by atoms with Gasteiger partial charge in [-0.25, -0.2) is 14.2 Å². The van der Waals surface area contributed by atoms with E-state index in [1.165, 1.54) is 33.4 Å². The van der Waals surface area contributed by atoms with Gasteiger partial charge in [-0.15, -0.1) is 0 Å². The number of halogens is 1. The third-order valence-corrected chi connectivity index (χ3v) is 3.05. The Hall–Kier alpha value is -2.96. The molecule has 106 valence electrons. The van der Waals surface area contributed by atoms with Crippen molar-refractivity contribution in [2.75, 3.05) is 0 Å². The van der Waals surface area contributed by atoms with Crippen molar-refractivity contribution in [3.8, 4) is 0 Å². The van der Waals surface area contributed by atoms with Crippen LogP contribution in [0.4, 0.5) is 4.39 Å². The summed E-state index contributed by atoms with van der Waals surface area (Å²) in [4.78, 5) is 26.8. The molecule has 0 spiro atoms. The number of pyridine rings is 2. The SMILES string of the molecule is O=C(O)c1ccc(=O)n(Cc2cn3cccc(F)c3n2)c1. The molecule has 0 aliphatic rings. The van der Waals surface area contributed by atoms with Gasteiger partial charge in [0.05, 0.1) is 17.8 Å². The van der Waals surface area contributed by atoms with Crippen molar-refractivity contribution in [1.29, 1.82) is 0 Å². The molecule has 1 N–H and O–H groups in total. The molecule has 21 heavy (non-hydrogen) atoms. The van der Waals surface area contributed by atoms with Gasteiger partial charge in [-0.2, -0.15) is 0 Å². The third-order valence-electron chi connectivity index (χ3n) is 3.05. The molecule has 0 radical (unpaired) electrons. The van der Waals surface area contributed by atoms with Crippen LogP contribution in [-0.4, -0.2) is 25.0 Å². The first-order valence-corrected chi connectivity index (χ1v) is 6.10. The van der Waals surface area contributed by atoms with Gasteiger partial charge in [0.15, 0.2) is 11.5 Å². The highest BCUT2D eigenvalue weighted by Crippen LogP contribution is 2.10. The Bertz CT molecular complexity index is 898.